The van der Waals surface area contributed by atoms with E-state index in [4.69, 9.17) is 27.6 Å². The maximum absolute atomic E-state index is 12.0. The Balaban J connectivity index is 1.69. The van der Waals surface area contributed by atoms with Crippen LogP contribution in [0.15, 0.2) is 68.6 Å². The fraction of sp³-hybridized carbons (Fsp3) is 0. The Morgan fingerprint density at radius 3 is 2.60 bits per heavy atom. The summed E-state index contributed by atoms with van der Waals surface area (Å²) >= 11 is 15.5. The molecule has 0 aliphatic rings. The highest BCUT2D eigenvalue weighted by atomic mass is 79.9. The van der Waals surface area contributed by atoms with Gasteiger partial charge in [0.15, 0.2) is 0 Å². The molecule has 7 heteroatoms. The summed E-state index contributed by atoms with van der Waals surface area (Å²) in [5.41, 5.74) is 3.64. The molecule has 2 aromatic carbocycles. The van der Waals surface area contributed by atoms with Crippen LogP contribution in [0.3, 0.4) is 0 Å². The first-order valence-electron chi connectivity index (χ1n) is 7.18. The normalized spacial score (nSPS) is 11.0. The first-order chi connectivity index (χ1) is 12.0. The summed E-state index contributed by atoms with van der Waals surface area (Å²) in [5, 5.41) is 4.77. The first-order valence-corrected chi connectivity index (χ1v) is 8.72. The van der Waals surface area contributed by atoms with Crippen LogP contribution in [0, 0.1) is 0 Å². The molecule has 3 aromatic rings. The highest BCUT2D eigenvalue weighted by Gasteiger charge is 2.10. The fourth-order valence-corrected chi connectivity index (χ4v) is 2.74. The highest BCUT2D eigenvalue weighted by Crippen LogP contribution is 2.34. The molecule has 0 aliphatic heterocycles. The molecule has 4 nitrogen and oxygen atoms in total. The minimum absolute atomic E-state index is 0.312. The van der Waals surface area contributed by atoms with Gasteiger partial charge in [0, 0.05) is 15.6 Å². The zero-order valence-corrected chi connectivity index (χ0v) is 15.8. The molecular weight excluding hydrogens is 427 g/mol. The molecule has 1 aromatic heterocycles. The fourth-order valence-electron chi connectivity index (χ4n) is 2.08. The van der Waals surface area contributed by atoms with Crippen LogP contribution in [0.25, 0.3) is 11.3 Å². The monoisotopic (exact) mass is 436 g/mol. The van der Waals surface area contributed by atoms with Crippen molar-refractivity contribution in [2.75, 3.05) is 0 Å². The average molecular weight is 438 g/mol. The van der Waals surface area contributed by atoms with Crippen molar-refractivity contribution in [1.29, 1.82) is 0 Å². The Labute approximate surface area is 162 Å². The Morgan fingerprint density at radius 2 is 1.84 bits per heavy atom. The lowest BCUT2D eigenvalue weighted by Crippen LogP contribution is -2.17. The van der Waals surface area contributed by atoms with Crippen LogP contribution in [0.4, 0.5) is 0 Å². The van der Waals surface area contributed by atoms with E-state index in [9.17, 15) is 4.79 Å². The summed E-state index contributed by atoms with van der Waals surface area (Å²) in [5.74, 6) is 0.726. The van der Waals surface area contributed by atoms with Gasteiger partial charge >= 0.3 is 0 Å². The number of halogens is 3. The van der Waals surface area contributed by atoms with E-state index in [-0.39, 0.29) is 5.91 Å². The van der Waals surface area contributed by atoms with Crippen molar-refractivity contribution in [2.45, 2.75) is 0 Å². The minimum atomic E-state index is -0.312. The zero-order valence-electron chi connectivity index (χ0n) is 12.7. The van der Waals surface area contributed by atoms with Gasteiger partial charge in [-0.2, -0.15) is 5.10 Å². The number of amides is 1. The lowest BCUT2D eigenvalue weighted by atomic mass is 10.2. The molecule has 126 valence electrons. The molecule has 1 amide bonds. The molecule has 0 radical (unpaired) electrons. The SMILES string of the molecule is O=C(NN=Cc1ccc(-c2cccc(Cl)c2Cl)o1)c1ccc(Br)cc1. The van der Waals surface area contributed by atoms with E-state index >= 15 is 0 Å². The van der Waals surface area contributed by atoms with Gasteiger partial charge in [0.25, 0.3) is 5.91 Å². The topological polar surface area (TPSA) is 54.6 Å². The summed E-state index contributed by atoms with van der Waals surface area (Å²) < 4.78 is 6.56. The van der Waals surface area contributed by atoms with Crippen LogP contribution < -0.4 is 5.43 Å². The van der Waals surface area contributed by atoms with Crippen molar-refractivity contribution < 1.29 is 9.21 Å². The molecule has 0 atom stereocenters. The van der Waals surface area contributed by atoms with Gasteiger partial charge in [0.1, 0.15) is 11.5 Å². The zero-order chi connectivity index (χ0) is 17.8. The van der Waals surface area contributed by atoms with E-state index < -0.39 is 0 Å². The number of benzene rings is 2. The van der Waals surface area contributed by atoms with Crippen LogP contribution in [0.2, 0.25) is 10.0 Å². The molecule has 25 heavy (non-hydrogen) atoms. The third-order valence-corrected chi connectivity index (χ3v) is 4.66. The molecule has 0 spiro atoms. The largest absolute Gasteiger partial charge is 0.455 e. The molecule has 3 rings (SSSR count). The number of furan rings is 1. The third kappa shape index (κ3) is 4.31. The van der Waals surface area contributed by atoms with Gasteiger partial charge in [-0.15, -0.1) is 0 Å². The van der Waals surface area contributed by atoms with E-state index in [1.165, 1.54) is 6.21 Å². The van der Waals surface area contributed by atoms with Crippen LogP contribution in [-0.4, -0.2) is 12.1 Å². The second-order valence-electron chi connectivity index (χ2n) is 5.01. The number of hydrogen-bond donors (Lipinski definition) is 1. The molecule has 1 heterocycles. The molecule has 0 aliphatic carbocycles. The lowest BCUT2D eigenvalue weighted by Gasteiger charge is -2.02. The van der Waals surface area contributed by atoms with Crippen LogP contribution >= 0.6 is 39.1 Å². The molecule has 1 N–H and O–H groups in total. The number of nitrogens with one attached hydrogen (secondary N) is 1. The number of hydrazone groups is 1. The Kier molecular flexibility index (Phi) is 5.58. The molecule has 0 saturated heterocycles. The van der Waals surface area contributed by atoms with Crippen molar-refractivity contribution in [2.24, 2.45) is 5.10 Å². The van der Waals surface area contributed by atoms with Gasteiger partial charge in [0.2, 0.25) is 0 Å². The molecule has 0 bridgehead atoms. The van der Waals surface area contributed by atoms with Gasteiger partial charge in [-0.05, 0) is 48.5 Å². The summed E-state index contributed by atoms with van der Waals surface area (Å²) in [6.45, 7) is 0. The standard InChI is InChI=1S/C18H11BrCl2N2O2/c19-12-6-4-11(5-7-12)18(24)23-22-10-13-8-9-16(25-13)14-2-1-3-15(20)17(14)21/h1-10H,(H,23,24). The number of hydrogen-bond acceptors (Lipinski definition) is 3. The van der Waals surface area contributed by atoms with Gasteiger partial charge in [-0.25, -0.2) is 5.43 Å². The van der Waals surface area contributed by atoms with Crippen molar-refractivity contribution in [3.05, 3.63) is 80.4 Å². The summed E-state index contributed by atoms with van der Waals surface area (Å²) in [7, 11) is 0. The molecular formula is C18H11BrCl2N2O2. The maximum Gasteiger partial charge on any atom is 0.271 e. The van der Waals surface area contributed by atoms with E-state index in [2.05, 4.69) is 26.5 Å². The van der Waals surface area contributed by atoms with Crippen molar-refractivity contribution >= 4 is 51.3 Å². The third-order valence-electron chi connectivity index (χ3n) is 3.31. The van der Waals surface area contributed by atoms with Crippen molar-refractivity contribution in [1.82, 2.24) is 5.43 Å². The highest BCUT2D eigenvalue weighted by molar-refractivity contribution is 9.10. The number of nitrogens with zero attached hydrogens (tertiary/aromatic N) is 1. The smallest absolute Gasteiger partial charge is 0.271 e. The van der Waals surface area contributed by atoms with E-state index in [0.717, 1.165) is 4.47 Å². The summed E-state index contributed by atoms with van der Waals surface area (Å²) in [6.07, 6.45) is 1.42. The number of carbonyl (C=O) groups is 1. The number of rotatable bonds is 4. The van der Waals surface area contributed by atoms with E-state index in [1.807, 2.05) is 6.07 Å². The van der Waals surface area contributed by atoms with Crippen molar-refractivity contribution in [3.8, 4) is 11.3 Å². The van der Waals surface area contributed by atoms with Gasteiger partial charge in [-0.1, -0.05) is 45.2 Å². The van der Waals surface area contributed by atoms with Crippen LogP contribution in [0.5, 0.6) is 0 Å². The maximum atomic E-state index is 12.0. The molecule has 0 saturated carbocycles. The average Bonchev–Trinajstić information content (AvgIpc) is 3.06. The van der Waals surface area contributed by atoms with Gasteiger partial charge in [0.05, 0.1) is 16.3 Å². The van der Waals surface area contributed by atoms with Crippen molar-refractivity contribution in [3.63, 3.8) is 0 Å². The quantitative estimate of drug-likeness (QED) is 0.415. The Hall–Kier alpha value is -2.08. The van der Waals surface area contributed by atoms with E-state index in [0.29, 0.717) is 32.7 Å². The minimum Gasteiger partial charge on any atom is -0.455 e. The van der Waals surface area contributed by atoms with Crippen LogP contribution in [-0.2, 0) is 0 Å². The predicted octanol–water partition coefficient (Wildman–Crippen LogP) is 5.78. The van der Waals surface area contributed by atoms with Crippen LogP contribution in [0.1, 0.15) is 16.1 Å². The van der Waals surface area contributed by atoms with E-state index in [1.54, 1.807) is 48.5 Å². The molecule has 0 fully saturated rings. The predicted molar refractivity (Wildman–Crippen MR) is 103 cm³/mol. The first kappa shape index (κ1) is 17.7. The Bertz CT molecular complexity index is 937. The summed E-state index contributed by atoms with van der Waals surface area (Å²) in [4.78, 5) is 12.0. The van der Waals surface area contributed by atoms with Gasteiger partial charge < -0.3 is 4.42 Å². The summed E-state index contributed by atoms with van der Waals surface area (Å²) in [6, 6.07) is 15.7. The molecule has 0 unspecified atom stereocenters. The Morgan fingerprint density at radius 1 is 1.08 bits per heavy atom. The number of carbonyl (C=O) groups excluding carboxylic acids is 1. The second-order valence-corrected chi connectivity index (χ2v) is 6.71. The van der Waals surface area contributed by atoms with Gasteiger partial charge in [-0.3, -0.25) is 4.79 Å². The lowest BCUT2D eigenvalue weighted by molar-refractivity contribution is 0.0955. The second kappa shape index (κ2) is 7.87.